The Labute approximate surface area is 250 Å². The van der Waals surface area contributed by atoms with Crippen LogP contribution in [0.25, 0.3) is 28.0 Å². The second kappa shape index (κ2) is 13.1. The standard InChI is InChI=1S/C32H39ClFN7O/c1-19(35)4-2-6-21-15-26(29(34)27(33)16-21)28-17-24-18-41(32(42)40-30(24)39-28)25-10-8-22(9-11-25)23-7-3-5-20(14-23)12-13-38-31(36)37/h8-11,15-20,23H,2-7,12-14,35H2,1H3,(H4,36,37,38)(H,39,40,42)/t19-,20+,23-/m0/s1. The van der Waals surface area contributed by atoms with E-state index >= 15 is 4.39 Å². The lowest BCUT2D eigenvalue weighted by Gasteiger charge is -2.29. The molecule has 0 radical (unpaired) electrons. The van der Waals surface area contributed by atoms with Crippen molar-refractivity contribution in [2.45, 2.75) is 70.3 Å². The molecule has 5 rings (SSSR count). The predicted octanol–water partition coefficient (Wildman–Crippen LogP) is 5.99. The first kappa shape index (κ1) is 29.8. The number of nitrogens with one attached hydrogen (secondary N) is 3. The van der Waals surface area contributed by atoms with Crippen LogP contribution in [0.3, 0.4) is 0 Å². The molecule has 4 aromatic rings. The molecule has 1 aliphatic carbocycles. The molecule has 2 heterocycles. The molecule has 0 unspecified atom stereocenters. The van der Waals surface area contributed by atoms with Crippen LogP contribution in [0.4, 0.5) is 4.39 Å². The number of fused-ring (bicyclic) bond motifs is 1. The monoisotopic (exact) mass is 591 g/mol. The van der Waals surface area contributed by atoms with Crippen molar-refractivity contribution in [2.24, 2.45) is 17.4 Å². The van der Waals surface area contributed by atoms with Crippen molar-refractivity contribution in [3.05, 3.63) is 81.1 Å². The van der Waals surface area contributed by atoms with E-state index < -0.39 is 11.5 Å². The lowest BCUT2D eigenvalue weighted by Crippen LogP contribution is -2.32. The maximum absolute atomic E-state index is 15.1. The number of H-pyrrole nitrogens is 1. The molecule has 0 bridgehead atoms. The van der Waals surface area contributed by atoms with Crippen LogP contribution in [0.15, 0.2) is 53.5 Å². The highest BCUT2D eigenvalue weighted by atomic mass is 35.5. The molecule has 2 aromatic heterocycles. The van der Waals surface area contributed by atoms with Crippen LogP contribution in [-0.4, -0.2) is 33.1 Å². The number of nitrogens with two attached hydrogens (primary N) is 2. The summed E-state index contributed by atoms with van der Waals surface area (Å²) in [6, 6.07) is 13.5. The third-order valence-corrected chi connectivity index (χ3v) is 8.58. The SMILES string of the molecule is C[C@H](N)CCCc1cc(Cl)c(F)c(-c2cc3cn(-c4ccc([C@H]5CCC[C@H](CCNC(=N)N)C5)cc4)c(=O)nc3[nH]2)c1. The Bertz CT molecular complexity index is 1610. The molecule has 0 amide bonds. The lowest BCUT2D eigenvalue weighted by atomic mass is 9.77. The highest BCUT2D eigenvalue weighted by Crippen LogP contribution is 2.38. The summed E-state index contributed by atoms with van der Waals surface area (Å²) in [6.45, 7) is 2.70. The Morgan fingerprint density at radius 1 is 1.26 bits per heavy atom. The third-order valence-electron chi connectivity index (χ3n) is 8.30. The van der Waals surface area contributed by atoms with Gasteiger partial charge in [0.2, 0.25) is 0 Å². The number of halogens is 2. The van der Waals surface area contributed by atoms with Crippen LogP contribution in [0.1, 0.15) is 68.9 Å². The Hall–Kier alpha value is -3.69. The van der Waals surface area contributed by atoms with Gasteiger partial charge in [-0.2, -0.15) is 4.98 Å². The van der Waals surface area contributed by atoms with E-state index in [0.29, 0.717) is 34.1 Å². The van der Waals surface area contributed by atoms with Gasteiger partial charge >= 0.3 is 5.69 Å². The van der Waals surface area contributed by atoms with Gasteiger partial charge in [-0.1, -0.05) is 36.6 Å². The van der Waals surface area contributed by atoms with Crippen LogP contribution in [0.2, 0.25) is 5.02 Å². The number of aromatic amines is 1. The number of nitrogens with zero attached hydrogens (tertiary/aromatic N) is 2. The average molecular weight is 592 g/mol. The molecule has 42 heavy (non-hydrogen) atoms. The molecule has 7 N–H and O–H groups in total. The van der Waals surface area contributed by atoms with Crippen LogP contribution >= 0.6 is 11.6 Å². The smallest absolute Gasteiger partial charge is 0.354 e. The van der Waals surface area contributed by atoms with E-state index in [9.17, 15) is 4.79 Å². The minimum absolute atomic E-state index is 0.0197. The fraction of sp³-hybridized carbons (Fsp3) is 0.406. The summed E-state index contributed by atoms with van der Waals surface area (Å²) < 4.78 is 16.6. The van der Waals surface area contributed by atoms with Crippen molar-refractivity contribution in [3.8, 4) is 16.9 Å². The number of aryl methyl sites for hydroxylation is 1. The van der Waals surface area contributed by atoms with Gasteiger partial charge in [0, 0.05) is 29.7 Å². The van der Waals surface area contributed by atoms with Gasteiger partial charge in [0.25, 0.3) is 0 Å². The molecule has 10 heteroatoms. The zero-order chi connectivity index (χ0) is 29.8. The summed E-state index contributed by atoms with van der Waals surface area (Å²) in [6.07, 6.45) is 9.85. The Balaban J connectivity index is 1.35. The predicted molar refractivity (Wildman–Crippen MR) is 168 cm³/mol. The molecule has 3 atom stereocenters. The summed E-state index contributed by atoms with van der Waals surface area (Å²) in [5.74, 6) is 0.578. The van der Waals surface area contributed by atoms with E-state index in [1.807, 2.05) is 19.1 Å². The van der Waals surface area contributed by atoms with Crippen molar-refractivity contribution < 1.29 is 4.39 Å². The van der Waals surface area contributed by atoms with E-state index in [4.69, 9.17) is 28.5 Å². The molecule has 0 aliphatic heterocycles. The van der Waals surface area contributed by atoms with Crippen molar-refractivity contribution in [1.29, 1.82) is 5.41 Å². The van der Waals surface area contributed by atoms with Crippen LogP contribution in [0, 0.1) is 17.1 Å². The first-order chi connectivity index (χ1) is 20.2. The summed E-state index contributed by atoms with van der Waals surface area (Å²) in [5, 5.41) is 11.0. The van der Waals surface area contributed by atoms with Crippen molar-refractivity contribution >= 4 is 28.6 Å². The van der Waals surface area contributed by atoms with Gasteiger partial charge in [-0.15, -0.1) is 0 Å². The summed E-state index contributed by atoms with van der Waals surface area (Å²) in [7, 11) is 0. The van der Waals surface area contributed by atoms with Gasteiger partial charge in [-0.05, 0) is 98.7 Å². The number of rotatable bonds is 10. The minimum atomic E-state index is -0.509. The van der Waals surface area contributed by atoms with E-state index in [-0.39, 0.29) is 17.0 Å². The second-order valence-corrected chi connectivity index (χ2v) is 12.0. The lowest BCUT2D eigenvalue weighted by molar-refractivity contribution is 0.306. The maximum Gasteiger partial charge on any atom is 0.354 e. The topological polar surface area (TPSA) is 139 Å². The zero-order valence-electron chi connectivity index (χ0n) is 23.9. The highest BCUT2D eigenvalue weighted by Gasteiger charge is 2.23. The van der Waals surface area contributed by atoms with Crippen LogP contribution in [-0.2, 0) is 6.42 Å². The molecule has 0 saturated heterocycles. The fourth-order valence-electron chi connectivity index (χ4n) is 6.11. The average Bonchev–Trinajstić information content (AvgIpc) is 3.37. The molecular formula is C32H39ClFN7O. The summed E-state index contributed by atoms with van der Waals surface area (Å²) in [4.78, 5) is 20.4. The van der Waals surface area contributed by atoms with Crippen LogP contribution < -0.4 is 22.5 Å². The van der Waals surface area contributed by atoms with Gasteiger partial charge in [-0.25, -0.2) is 9.18 Å². The van der Waals surface area contributed by atoms with E-state index in [0.717, 1.165) is 56.3 Å². The molecule has 0 spiro atoms. The normalized spacial score (nSPS) is 17.8. The van der Waals surface area contributed by atoms with Crippen molar-refractivity contribution in [1.82, 2.24) is 19.9 Å². The molecule has 222 valence electrons. The Morgan fingerprint density at radius 2 is 2.05 bits per heavy atom. The largest absolute Gasteiger partial charge is 0.370 e. The third kappa shape index (κ3) is 7.02. The van der Waals surface area contributed by atoms with Gasteiger partial charge in [0.1, 0.15) is 5.65 Å². The quantitative estimate of drug-likeness (QED) is 0.114. The van der Waals surface area contributed by atoms with Gasteiger partial charge < -0.3 is 21.8 Å². The number of benzene rings is 2. The van der Waals surface area contributed by atoms with E-state index in [1.165, 1.54) is 23.0 Å². The van der Waals surface area contributed by atoms with Gasteiger partial charge in [0.15, 0.2) is 11.8 Å². The second-order valence-electron chi connectivity index (χ2n) is 11.6. The maximum atomic E-state index is 15.1. The van der Waals surface area contributed by atoms with E-state index in [1.54, 1.807) is 24.4 Å². The number of guanidine groups is 1. The number of hydrogen-bond donors (Lipinski definition) is 5. The van der Waals surface area contributed by atoms with E-state index in [2.05, 4.69) is 27.4 Å². The fourth-order valence-corrected chi connectivity index (χ4v) is 6.35. The first-order valence-electron chi connectivity index (χ1n) is 14.7. The Morgan fingerprint density at radius 3 is 2.79 bits per heavy atom. The first-order valence-corrected chi connectivity index (χ1v) is 15.1. The summed E-state index contributed by atoms with van der Waals surface area (Å²) in [5.41, 5.74) is 15.1. The van der Waals surface area contributed by atoms with Crippen LogP contribution in [0.5, 0.6) is 0 Å². The molecule has 1 saturated carbocycles. The number of aromatic nitrogens is 3. The molecule has 8 nitrogen and oxygen atoms in total. The molecule has 2 aromatic carbocycles. The molecular weight excluding hydrogens is 553 g/mol. The molecule has 1 aliphatic rings. The van der Waals surface area contributed by atoms with Gasteiger partial charge in [-0.3, -0.25) is 9.98 Å². The van der Waals surface area contributed by atoms with Gasteiger partial charge in [0.05, 0.1) is 16.4 Å². The zero-order valence-corrected chi connectivity index (χ0v) is 24.7. The molecule has 1 fully saturated rings. The summed E-state index contributed by atoms with van der Waals surface area (Å²) >= 11 is 6.25. The Kier molecular flexibility index (Phi) is 9.28. The highest BCUT2D eigenvalue weighted by molar-refractivity contribution is 6.31. The number of hydrogen-bond acceptors (Lipinski definition) is 4. The van der Waals surface area contributed by atoms with Crippen molar-refractivity contribution in [3.63, 3.8) is 0 Å². The van der Waals surface area contributed by atoms with Crippen molar-refractivity contribution in [2.75, 3.05) is 6.54 Å². The minimum Gasteiger partial charge on any atom is -0.370 e.